The van der Waals surface area contributed by atoms with Crippen LogP contribution in [0.3, 0.4) is 0 Å². The minimum Gasteiger partial charge on any atom is -0.409 e. The van der Waals surface area contributed by atoms with Crippen LogP contribution in [0.15, 0.2) is 16.0 Å². The predicted octanol–water partition coefficient (Wildman–Crippen LogP) is -0.00780. The Morgan fingerprint density at radius 2 is 2.44 bits per heavy atom. The molecular weight excluding hydrogens is 270 g/mol. The quantitative estimate of drug-likeness (QED) is 0.205. The maximum atomic E-state index is 10.6. The molecule has 0 saturated carbocycles. The SMILES string of the molecule is O=[N+]([O-])c1nonc1C(=NO)n1cc(CCl)nn1. The standard InChI is InChI=1S/C6H4ClN7O4/c7-1-3-2-13(12-8-3)5(9-15)4-6(14(16)17)11-18-10-4/h2,15H,1H2. The number of rotatable bonds is 3. The molecule has 0 unspecified atom stereocenters. The second kappa shape index (κ2) is 4.75. The van der Waals surface area contributed by atoms with Crippen molar-refractivity contribution in [2.24, 2.45) is 5.16 Å². The number of nitro groups is 1. The number of nitrogens with zero attached hydrogens (tertiary/aromatic N) is 7. The smallest absolute Gasteiger partial charge is 0.409 e. The van der Waals surface area contributed by atoms with Crippen LogP contribution in [0.2, 0.25) is 0 Å². The molecule has 0 atom stereocenters. The molecule has 94 valence electrons. The van der Waals surface area contributed by atoms with E-state index < -0.39 is 10.7 Å². The second-order valence-corrected chi connectivity index (χ2v) is 3.17. The number of hydrogen-bond donors (Lipinski definition) is 1. The number of halogens is 1. The molecule has 0 saturated heterocycles. The zero-order chi connectivity index (χ0) is 13.1. The van der Waals surface area contributed by atoms with Crippen LogP contribution >= 0.6 is 11.6 Å². The van der Waals surface area contributed by atoms with E-state index >= 15 is 0 Å². The molecule has 11 nitrogen and oxygen atoms in total. The maximum Gasteiger partial charge on any atom is 0.446 e. The third kappa shape index (κ3) is 1.98. The van der Waals surface area contributed by atoms with Gasteiger partial charge < -0.3 is 15.3 Å². The molecule has 0 aliphatic carbocycles. The van der Waals surface area contributed by atoms with Crippen LogP contribution < -0.4 is 0 Å². The van der Waals surface area contributed by atoms with E-state index in [1.807, 2.05) is 0 Å². The summed E-state index contributed by atoms with van der Waals surface area (Å²) >= 11 is 5.52. The lowest BCUT2D eigenvalue weighted by Gasteiger charge is -1.97. The van der Waals surface area contributed by atoms with Crippen molar-refractivity contribution in [1.82, 2.24) is 25.3 Å². The Morgan fingerprint density at radius 1 is 1.67 bits per heavy atom. The molecule has 0 radical (unpaired) electrons. The first-order valence-corrected chi connectivity index (χ1v) is 4.87. The Bertz CT molecular complexity index is 605. The average molecular weight is 274 g/mol. The molecule has 0 aliphatic heterocycles. The second-order valence-electron chi connectivity index (χ2n) is 2.91. The molecule has 0 aromatic carbocycles. The van der Waals surface area contributed by atoms with Crippen LogP contribution in [0.5, 0.6) is 0 Å². The largest absolute Gasteiger partial charge is 0.446 e. The summed E-state index contributed by atoms with van der Waals surface area (Å²) in [6, 6.07) is 0. The van der Waals surface area contributed by atoms with Crippen molar-refractivity contribution in [3.05, 3.63) is 27.7 Å². The topological polar surface area (TPSA) is 145 Å². The molecule has 2 rings (SSSR count). The molecule has 0 bridgehead atoms. The van der Waals surface area contributed by atoms with E-state index in [1.54, 1.807) is 0 Å². The van der Waals surface area contributed by atoms with Gasteiger partial charge in [-0.3, -0.25) is 0 Å². The van der Waals surface area contributed by atoms with Gasteiger partial charge in [0.1, 0.15) is 0 Å². The molecule has 12 heteroatoms. The predicted molar refractivity (Wildman–Crippen MR) is 54.3 cm³/mol. The molecule has 0 amide bonds. The van der Waals surface area contributed by atoms with Crippen LogP contribution in [0.4, 0.5) is 5.82 Å². The van der Waals surface area contributed by atoms with Crippen molar-refractivity contribution in [2.75, 3.05) is 0 Å². The summed E-state index contributed by atoms with van der Waals surface area (Å²) in [7, 11) is 0. The summed E-state index contributed by atoms with van der Waals surface area (Å²) in [4.78, 5) is 9.80. The fourth-order valence-corrected chi connectivity index (χ4v) is 1.23. The molecule has 2 aromatic rings. The molecule has 2 aromatic heterocycles. The minimum atomic E-state index is -0.837. The third-order valence-corrected chi connectivity index (χ3v) is 2.12. The maximum absolute atomic E-state index is 10.6. The van der Waals surface area contributed by atoms with Gasteiger partial charge in [-0.25, -0.2) is 0 Å². The third-order valence-electron chi connectivity index (χ3n) is 1.85. The Labute approximate surface area is 103 Å². The molecule has 0 spiro atoms. The van der Waals surface area contributed by atoms with Gasteiger partial charge in [-0.05, 0) is 10.1 Å². The van der Waals surface area contributed by atoms with E-state index in [9.17, 15) is 10.1 Å². The van der Waals surface area contributed by atoms with Crippen molar-refractivity contribution in [2.45, 2.75) is 5.88 Å². The molecule has 0 aliphatic rings. The van der Waals surface area contributed by atoms with Gasteiger partial charge in [0.2, 0.25) is 5.84 Å². The fourth-order valence-electron chi connectivity index (χ4n) is 1.11. The summed E-state index contributed by atoms with van der Waals surface area (Å²) in [5.74, 6) is -0.977. The summed E-state index contributed by atoms with van der Waals surface area (Å²) in [6.45, 7) is 0. The summed E-state index contributed by atoms with van der Waals surface area (Å²) in [6.07, 6.45) is 1.32. The van der Waals surface area contributed by atoms with Crippen molar-refractivity contribution >= 4 is 23.3 Å². The molecule has 1 N–H and O–H groups in total. The highest BCUT2D eigenvalue weighted by atomic mass is 35.5. The van der Waals surface area contributed by atoms with Crippen molar-refractivity contribution < 1.29 is 14.8 Å². The lowest BCUT2D eigenvalue weighted by atomic mass is 10.4. The van der Waals surface area contributed by atoms with Crippen molar-refractivity contribution in [3.8, 4) is 0 Å². The van der Waals surface area contributed by atoms with Crippen LogP contribution in [0.1, 0.15) is 11.4 Å². The molecule has 0 fully saturated rings. The van der Waals surface area contributed by atoms with Crippen LogP contribution in [0.25, 0.3) is 0 Å². The lowest BCUT2D eigenvalue weighted by Crippen LogP contribution is -2.16. The van der Waals surface area contributed by atoms with Gasteiger partial charge >= 0.3 is 5.82 Å². The highest BCUT2D eigenvalue weighted by Gasteiger charge is 2.29. The van der Waals surface area contributed by atoms with E-state index in [-0.39, 0.29) is 17.4 Å². The first-order valence-electron chi connectivity index (χ1n) is 4.34. The van der Waals surface area contributed by atoms with E-state index in [2.05, 4.69) is 30.4 Å². The van der Waals surface area contributed by atoms with Gasteiger partial charge in [-0.1, -0.05) is 10.4 Å². The van der Waals surface area contributed by atoms with Gasteiger partial charge in [0.25, 0.3) is 5.69 Å². The van der Waals surface area contributed by atoms with Gasteiger partial charge in [-0.2, -0.15) is 4.68 Å². The van der Waals surface area contributed by atoms with Crippen LogP contribution in [-0.4, -0.2) is 41.3 Å². The highest BCUT2D eigenvalue weighted by molar-refractivity contribution is 6.16. The van der Waals surface area contributed by atoms with E-state index in [1.165, 1.54) is 6.20 Å². The lowest BCUT2D eigenvalue weighted by molar-refractivity contribution is -0.391. The number of alkyl halides is 1. The minimum absolute atomic E-state index is 0.0812. The summed E-state index contributed by atoms with van der Waals surface area (Å²) < 4.78 is 5.19. The van der Waals surface area contributed by atoms with Crippen molar-refractivity contribution in [3.63, 3.8) is 0 Å². The van der Waals surface area contributed by atoms with Crippen molar-refractivity contribution in [1.29, 1.82) is 0 Å². The van der Waals surface area contributed by atoms with E-state index in [0.29, 0.717) is 5.69 Å². The Morgan fingerprint density at radius 3 is 3.00 bits per heavy atom. The van der Waals surface area contributed by atoms with Crippen LogP contribution in [0, 0.1) is 10.1 Å². The zero-order valence-corrected chi connectivity index (χ0v) is 9.22. The summed E-state index contributed by atoms with van der Waals surface area (Å²) in [5.41, 5.74) is 0.00504. The number of oxime groups is 1. The first kappa shape index (κ1) is 11.9. The molecular formula is C6H4ClN7O4. The number of hydrogen-bond acceptors (Lipinski definition) is 9. The fraction of sp³-hybridized carbons (Fsp3) is 0.167. The first-order chi connectivity index (χ1) is 8.67. The summed E-state index contributed by atoms with van der Waals surface area (Å²) in [5, 5.41) is 35.9. The molecule has 2 heterocycles. The normalized spacial score (nSPS) is 11.7. The monoisotopic (exact) mass is 273 g/mol. The van der Waals surface area contributed by atoms with Gasteiger partial charge in [-0.15, -0.1) is 21.3 Å². The number of aromatic nitrogens is 5. The Kier molecular flexibility index (Phi) is 3.14. The Balaban J connectivity index is 2.46. The molecule has 18 heavy (non-hydrogen) atoms. The van der Waals surface area contributed by atoms with Gasteiger partial charge in [0, 0.05) is 0 Å². The van der Waals surface area contributed by atoms with E-state index in [0.717, 1.165) is 4.68 Å². The Hall–Kier alpha value is -2.56. The van der Waals surface area contributed by atoms with E-state index in [4.69, 9.17) is 16.8 Å². The van der Waals surface area contributed by atoms with Crippen LogP contribution in [-0.2, 0) is 5.88 Å². The average Bonchev–Trinajstić information content (AvgIpc) is 2.98. The zero-order valence-electron chi connectivity index (χ0n) is 8.46. The van der Waals surface area contributed by atoms with Gasteiger partial charge in [0.05, 0.1) is 17.8 Å². The van der Waals surface area contributed by atoms with Gasteiger partial charge in [0.15, 0.2) is 5.16 Å². The highest BCUT2D eigenvalue weighted by Crippen LogP contribution is 2.14.